The number of cyclic esters (lactones) is 1. The minimum absolute atomic E-state index is 0.347. The molecule has 0 N–H and O–H groups in total. The molecule has 1 aromatic carbocycles. The molecule has 0 spiro atoms. The second-order valence-corrected chi connectivity index (χ2v) is 7.51. The largest absolute Gasteiger partial charge is 0.453 e. The minimum atomic E-state index is -0.646. The van der Waals surface area contributed by atoms with Crippen molar-refractivity contribution in [3.63, 3.8) is 0 Å². The Bertz CT molecular complexity index is 648. The fourth-order valence-electron chi connectivity index (χ4n) is 2.60. The van der Waals surface area contributed by atoms with Crippen molar-refractivity contribution in [1.82, 2.24) is 0 Å². The Kier molecular flexibility index (Phi) is 4.38. The van der Waals surface area contributed by atoms with Crippen molar-refractivity contribution in [2.45, 2.75) is 47.6 Å². The molecule has 0 saturated heterocycles. The molecule has 23 heavy (non-hydrogen) atoms. The number of hydrogen-bond acceptors (Lipinski definition) is 4. The van der Waals surface area contributed by atoms with E-state index >= 15 is 0 Å². The van der Waals surface area contributed by atoms with Crippen LogP contribution in [0.2, 0.25) is 0 Å². The summed E-state index contributed by atoms with van der Waals surface area (Å²) in [5.74, 6) is -0.418. The molecular weight excluding hydrogens is 292 g/mol. The number of hydrogen-bond donors (Lipinski definition) is 0. The molecule has 1 atom stereocenters. The quantitative estimate of drug-likeness (QED) is 0.768. The predicted molar refractivity (Wildman–Crippen MR) is 87.3 cm³/mol. The third-order valence-electron chi connectivity index (χ3n) is 4.02. The van der Waals surface area contributed by atoms with Crippen LogP contribution >= 0.6 is 0 Å². The van der Waals surface area contributed by atoms with E-state index in [0.717, 1.165) is 5.56 Å². The van der Waals surface area contributed by atoms with Gasteiger partial charge in [-0.2, -0.15) is 0 Å². The number of carbonyl (C=O) groups excluding carboxylic acids is 2. The molecule has 0 aromatic heterocycles. The van der Waals surface area contributed by atoms with Crippen molar-refractivity contribution in [2.24, 2.45) is 10.8 Å². The molecule has 0 amide bonds. The zero-order chi connectivity index (χ0) is 17.4. The monoisotopic (exact) mass is 316 g/mol. The normalized spacial score (nSPS) is 21.0. The second-order valence-electron chi connectivity index (χ2n) is 7.51. The van der Waals surface area contributed by atoms with Gasteiger partial charge in [0.15, 0.2) is 0 Å². The first-order valence-corrected chi connectivity index (χ1v) is 7.74. The number of esters is 2. The van der Waals surface area contributed by atoms with E-state index in [9.17, 15) is 9.59 Å². The zero-order valence-corrected chi connectivity index (χ0v) is 14.6. The lowest BCUT2D eigenvalue weighted by Gasteiger charge is -2.40. The third-order valence-corrected chi connectivity index (χ3v) is 4.02. The molecule has 1 aliphatic rings. The van der Waals surface area contributed by atoms with Gasteiger partial charge in [0.2, 0.25) is 0 Å². The summed E-state index contributed by atoms with van der Waals surface area (Å²) in [6, 6.07) is 9.51. The first-order chi connectivity index (χ1) is 10.5. The highest BCUT2D eigenvalue weighted by atomic mass is 16.6. The Labute approximate surface area is 137 Å². The third kappa shape index (κ3) is 3.31. The van der Waals surface area contributed by atoms with Gasteiger partial charge in [-0.1, -0.05) is 30.3 Å². The minimum Gasteiger partial charge on any atom is -0.453 e. The van der Waals surface area contributed by atoms with E-state index in [4.69, 9.17) is 9.47 Å². The van der Waals surface area contributed by atoms with E-state index in [1.54, 1.807) is 27.7 Å². The van der Waals surface area contributed by atoms with Gasteiger partial charge in [0, 0.05) is 0 Å². The Morgan fingerprint density at radius 1 is 1.17 bits per heavy atom. The van der Waals surface area contributed by atoms with Crippen LogP contribution < -0.4 is 0 Å². The van der Waals surface area contributed by atoms with Crippen LogP contribution in [0.4, 0.5) is 0 Å². The van der Waals surface area contributed by atoms with E-state index in [2.05, 4.69) is 0 Å². The Hall–Kier alpha value is -2.10. The molecule has 0 radical (unpaired) electrons. The smallest absolute Gasteiger partial charge is 0.337 e. The van der Waals surface area contributed by atoms with Crippen LogP contribution in [0, 0.1) is 10.8 Å². The molecule has 1 heterocycles. The number of carbonyl (C=O) groups is 2. The van der Waals surface area contributed by atoms with Gasteiger partial charge in [0.25, 0.3) is 0 Å². The van der Waals surface area contributed by atoms with E-state index in [1.165, 1.54) is 0 Å². The lowest BCUT2D eigenvalue weighted by atomic mass is 9.77. The van der Waals surface area contributed by atoms with Crippen molar-refractivity contribution >= 4 is 11.9 Å². The van der Waals surface area contributed by atoms with Gasteiger partial charge in [-0.25, -0.2) is 4.79 Å². The first kappa shape index (κ1) is 17.3. The number of ether oxygens (including phenoxy) is 2. The summed E-state index contributed by atoms with van der Waals surface area (Å²) in [4.78, 5) is 24.5. The topological polar surface area (TPSA) is 52.6 Å². The van der Waals surface area contributed by atoms with Crippen molar-refractivity contribution in [3.05, 3.63) is 47.2 Å². The SMILES string of the molecule is CC1=C(OC(=O)C(C)(C)C)C(C)(C)[C@@H](c2ccccc2)OC1=O. The molecule has 4 heteroatoms. The summed E-state index contributed by atoms with van der Waals surface area (Å²) in [5.41, 5.74) is -0.0600. The summed E-state index contributed by atoms with van der Waals surface area (Å²) in [7, 11) is 0. The second kappa shape index (κ2) is 5.84. The maximum absolute atomic E-state index is 12.3. The molecule has 1 aromatic rings. The molecule has 0 aliphatic carbocycles. The van der Waals surface area contributed by atoms with Crippen LogP contribution in [0.1, 0.15) is 53.2 Å². The van der Waals surface area contributed by atoms with Gasteiger partial charge in [0.1, 0.15) is 11.9 Å². The van der Waals surface area contributed by atoms with Gasteiger partial charge >= 0.3 is 11.9 Å². The molecule has 1 aliphatic heterocycles. The Balaban J connectivity index is 2.45. The van der Waals surface area contributed by atoms with E-state index in [0.29, 0.717) is 11.3 Å². The van der Waals surface area contributed by atoms with Gasteiger partial charge in [-0.05, 0) is 47.1 Å². The number of rotatable bonds is 2. The number of benzene rings is 1. The molecule has 2 rings (SSSR count). The van der Waals surface area contributed by atoms with Crippen LogP contribution in [0.5, 0.6) is 0 Å². The van der Waals surface area contributed by atoms with Gasteiger partial charge in [-0.15, -0.1) is 0 Å². The molecule has 4 nitrogen and oxygen atoms in total. The summed E-state index contributed by atoms with van der Waals surface area (Å²) in [5, 5.41) is 0. The summed E-state index contributed by atoms with van der Waals surface area (Å²) < 4.78 is 11.3. The van der Waals surface area contributed by atoms with E-state index < -0.39 is 22.9 Å². The van der Waals surface area contributed by atoms with Crippen molar-refractivity contribution in [3.8, 4) is 0 Å². The standard InChI is InChI=1S/C19H24O4/c1-12-14(23-17(21)18(2,3)4)19(5,6)15(22-16(12)20)13-10-8-7-9-11-13/h7-11,15H,1-6H3/t15-/m1/s1. The average Bonchev–Trinajstić information content (AvgIpc) is 2.47. The zero-order valence-electron chi connectivity index (χ0n) is 14.6. The molecule has 0 bridgehead atoms. The first-order valence-electron chi connectivity index (χ1n) is 7.74. The van der Waals surface area contributed by atoms with Crippen molar-refractivity contribution < 1.29 is 19.1 Å². The maximum atomic E-state index is 12.3. The lowest BCUT2D eigenvalue weighted by molar-refractivity contribution is -0.162. The summed E-state index contributed by atoms with van der Waals surface area (Å²) in [6.45, 7) is 10.8. The van der Waals surface area contributed by atoms with Crippen LogP contribution in [-0.4, -0.2) is 11.9 Å². The van der Waals surface area contributed by atoms with Crippen LogP contribution in [0.15, 0.2) is 41.7 Å². The molecule has 0 unspecified atom stereocenters. The highest BCUT2D eigenvalue weighted by Gasteiger charge is 2.46. The van der Waals surface area contributed by atoms with Gasteiger partial charge in [-0.3, -0.25) is 4.79 Å². The van der Waals surface area contributed by atoms with Crippen LogP contribution in [0.25, 0.3) is 0 Å². The predicted octanol–water partition coefficient (Wildman–Crippen LogP) is 4.17. The summed E-state index contributed by atoms with van der Waals surface area (Å²) >= 11 is 0. The highest BCUT2D eigenvalue weighted by molar-refractivity contribution is 5.90. The Morgan fingerprint density at radius 2 is 1.74 bits per heavy atom. The molecular formula is C19H24O4. The van der Waals surface area contributed by atoms with E-state index in [1.807, 2.05) is 44.2 Å². The highest BCUT2D eigenvalue weighted by Crippen LogP contribution is 2.48. The van der Waals surface area contributed by atoms with Gasteiger partial charge in [0.05, 0.1) is 16.4 Å². The molecule has 124 valence electrons. The van der Waals surface area contributed by atoms with Crippen molar-refractivity contribution in [2.75, 3.05) is 0 Å². The van der Waals surface area contributed by atoms with Gasteiger partial charge < -0.3 is 9.47 Å². The fourth-order valence-corrected chi connectivity index (χ4v) is 2.60. The van der Waals surface area contributed by atoms with Crippen molar-refractivity contribution in [1.29, 1.82) is 0 Å². The average molecular weight is 316 g/mol. The molecule has 0 saturated carbocycles. The fraction of sp³-hybridized carbons (Fsp3) is 0.474. The Morgan fingerprint density at radius 3 is 2.26 bits per heavy atom. The maximum Gasteiger partial charge on any atom is 0.337 e. The van der Waals surface area contributed by atoms with Crippen LogP contribution in [-0.2, 0) is 19.1 Å². The molecule has 0 fully saturated rings. The lowest BCUT2D eigenvalue weighted by Crippen LogP contribution is -2.38. The van der Waals surface area contributed by atoms with Crippen LogP contribution in [0.3, 0.4) is 0 Å². The van der Waals surface area contributed by atoms with E-state index in [-0.39, 0.29) is 5.97 Å². The summed E-state index contributed by atoms with van der Waals surface area (Å²) in [6.07, 6.45) is -0.498.